The van der Waals surface area contributed by atoms with Crippen molar-refractivity contribution >= 4 is 18.6 Å². The minimum Gasteiger partial charge on any atom is -0.368 e. The molecule has 0 unspecified atom stereocenters. The molecule has 2 aromatic heterocycles. The third-order valence-electron chi connectivity index (χ3n) is 3.16. The maximum absolute atomic E-state index is 12.9. The minimum absolute atomic E-state index is 0.0502. The number of nitrogens with two attached hydrogens (primary N) is 1. The van der Waals surface area contributed by atoms with Crippen LogP contribution in [0.25, 0.3) is 11.5 Å². The van der Waals surface area contributed by atoms with Crippen molar-refractivity contribution in [2.24, 2.45) is 4.99 Å². The van der Waals surface area contributed by atoms with Crippen LogP contribution in [0.4, 0.5) is 38.2 Å². The highest BCUT2D eigenvalue weighted by Crippen LogP contribution is 2.29. The Hall–Kier alpha value is -3.51. The largest absolute Gasteiger partial charge is 0.433 e. The van der Waals surface area contributed by atoms with Gasteiger partial charge < -0.3 is 11.1 Å². The van der Waals surface area contributed by atoms with Crippen LogP contribution in [0.2, 0.25) is 0 Å². The molecule has 0 saturated carbocycles. The predicted octanol–water partition coefficient (Wildman–Crippen LogP) is 4.00. The molecule has 0 aromatic carbocycles. The number of nitrogens with one attached hydrogen (secondary N) is 1. The molecule has 0 radical (unpaired) electrons. The van der Waals surface area contributed by atoms with Gasteiger partial charge in [0.05, 0.1) is 5.57 Å². The zero-order valence-corrected chi connectivity index (χ0v) is 14.7. The quantitative estimate of drug-likeness (QED) is 0.433. The van der Waals surface area contributed by atoms with Crippen molar-refractivity contribution in [3.63, 3.8) is 0 Å². The van der Waals surface area contributed by atoms with E-state index in [0.717, 1.165) is 18.2 Å². The lowest BCUT2D eigenvalue weighted by atomic mass is 10.2. The highest BCUT2D eigenvalue weighted by Gasteiger charge is 2.33. The van der Waals surface area contributed by atoms with Crippen molar-refractivity contribution in [3.8, 4) is 11.5 Å². The number of rotatable bonds is 5. The van der Waals surface area contributed by atoms with E-state index >= 15 is 0 Å². The van der Waals surface area contributed by atoms with Gasteiger partial charge in [-0.15, -0.1) is 0 Å². The van der Waals surface area contributed by atoms with E-state index in [9.17, 15) is 26.3 Å². The first kappa shape index (κ1) is 21.8. The molecule has 0 aliphatic rings. The fourth-order valence-corrected chi connectivity index (χ4v) is 2.02. The van der Waals surface area contributed by atoms with Gasteiger partial charge in [-0.3, -0.25) is 4.99 Å². The Balaban J connectivity index is 2.38. The van der Waals surface area contributed by atoms with Crippen LogP contribution in [0.1, 0.15) is 12.6 Å². The number of allylic oxidation sites excluding steroid dienone is 3. The van der Waals surface area contributed by atoms with Crippen LogP contribution in [0, 0.1) is 0 Å². The van der Waals surface area contributed by atoms with Crippen molar-refractivity contribution in [1.29, 1.82) is 0 Å². The Labute approximate surface area is 160 Å². The lowest BCUT2D eigenvalue weighted by Gasteiger charge is -2.11. The first-order chi connectivity index (χ1) is 13.4. The average molecular weight is 417 g/mol. The molecule has 0 atom stereocenters. The van der Waals surface area contributed by atoms with E-state index in [1.54, 1.807) is 0 Å². The third-order valence-corrected chi connectivity index (χ3v) is 3.16. The molecule has 7 nitrogen and oxygen atoms in total. The summed E-state index contributed by atoms with van der Waals surface area (Å²) in [7, 11) is 0. The SMILES string of the molecule is C=N/C=C(\C=C(/C)Nc1nc(N)nc(-c2cccc(C(F)(F)F)n2)n1)C(F)(F)F. The van der Waals surface area contributed by atoms with Crippen LogP contribution in [0.3, 0.4) is 0 Å². The smallest absolute Gasteiger partial charge is 0.368 e. The number of hydrogen-bond acceptors (Lipinski definition) is 7. The zero-order chi connectivity index (χ0) is 21.8. The Morgan fingerprint density at radius 2 is 1.79 bits per heavy atom. The lowest BCUT2D eigenvalue weighted by molar-refractivity contribution is -0.141. The van der Waals surface area contributed by atoms with Crippen LogP contribution < -0.4 is 11.1 Å². The van der Waals surface area contributed by atoms with Gasteiger partial charge in [0.25, 0.3) is 0 Å². The zero-order valence-electron chi connectivity index (χ0n) is 14.7. The third kappa shape index (κ3) is 5.99. The molecule has 29 heavy (non-hydrogen) atoms. The predicted molar refractivity (Wildman–Crippen MR) is 93.5 cm³/mol. The summed E-state index contributed by atoms with van der Waals surface area (Å²) >= 11 is 0. The molecule has 2 aromatic rings. The van der Waals surface area contributed by atoms with E-state index in [1.165, 1.54) is 13.0 Å². The summed E-state index contributed by atoms with van der Waals surface area (Å²) in [6, 6.07) is 3.08. The summed E-state index contributed by atoms with van der Waals surface area (Å²) in [5.74, 6) is -0.948. The summed E-state index contributed by atoms with van der Waals surface area (Å²) in [5.41, 5.74) is 2.97. The summed E-state index contributed by atoms with van der Waals surface area (Å²) in [5, 5.41) is 2.46. The number of aliphatic imine (C=N–C) groups is 1. The number of halogens is 6. The maximum Gasteiger partial charge on any atom is 0.433 e. The van der Waals surface area contributed by atoms with Gasteiger partial charge in [0, 0.05) is 11.9 Å². The van der Waals surface area contributed by atoms with E-state index < -0.39 is 23.6 Å². The van der Waals surface area contributed by atoms with E-state index in [4.69, 9.17) is 5.73 Å². The van der Waals surface area contributed by atoms with Gasteiger partial charge in [0.1, 0.15) is 11.4 Å². The molecule has 0 amide bonds. The second kappa shape index (κ2) is 8.24. The van der Waals surface area contributed by atoms with Crippen molar-refractivity contribution in [2.45, 2.75) is 19.3 Å². The molecule has 2 heterocycles. The molecule has 2 rings (SSSR count). The van der Waals surface area contributed by atoms with Crippen molar-refractivity contribution in [1.82, 2.24) is 19.9 Å². The fraction of sp³-hybridized carbons (Fsp3) is 0.188. The van der Waals surface area contributed by atoms with Gasteiger partial charge >= 0.3 is 12.4 Å². The first-order valence-corrected chi connectivity index (χ1v) is 7.65. The summed E-state index contributed by atoms with van der Waals surface area (Å²) in [4.78, 5) is 17.8. The number of aromatic nitrogens is 4. The second-order valence-corrected chi connectivity index (χ2v) is 5.46. The average Bonchev–Trinajstić information content (AvgIpc) is 2.59. The topological polar surface area (TPSA) is 102 Å². The number of hydrogen-bond donors (Lipinski definition) is 2. The van der Waals surface area contributed by atoms with Crippen molar-refractivity contribution in [2.75, 3.05) is 11.1 Å². The van der Waals surface area contributed by atoms with Crippen LogP contribution in [-0.4, -0.2) is 32.8 Å². The molecule has 13 heteroatoms. The van der Waals surface area contributed by atoms with Crippen molar-refractivity contribution < 1.29 is 26.3 Å². The molecule has 0 fully saturated rings. The molecule has 0 spiro atoms. The molecule has 0 aliphatic carbocycles. The van der Waals surface area contributed by atoms with Crippen LogP contribution in [0.15, 0.2) is 46.7 Å². The van der Waals surface area contributed by atoms with Gasteiger partial charge in [0.15, 0.2) is 5.82 Å². The number of nitrogen functional groups attached to an aromatic ring is 1. The maximum atomic E-state index is 12.9. The standard InChI is InChI=1S/C16H13F6N7/c1-8(6-9(7-24-2)15(17,18)19)25-14-28-12(27-13(23)29-14)10-4-3-5-11(26-10)16(20,21)22/h3-7H,2H2,1H3,(H3,23,25,27,28,29)/b8-6+,9-7+. The molecule has 0 bridgehead atoms. The number of alkyl halides is 6. The van der Waals surface area contributed by atoms with Crippen molar-refractivity contribution in [3.05, 3.63) is 47.4 Å². The van der Waals surface area contributed by atoms with Gasteiger partial charge in [-0.05, 0) is 31.9 Å². The van der Waals surface area contributed by atoms with Gasteiger partial charge in [-0.2, -0.15) is 41.3 Å². The minimum atomic E-state index is -4.69. The lowest BCUT2D eigenvalue weighted by Crippen LogP contribution is -2.12. The Morgan fingerprint density at radius 1 is 1.10 bits per heavy atom. The molecular weight excluding hydrogens is 404 g/mol. The molecular formula is C16H13F6N7. The van der Waals surface area contributed by atoms with E-state index in [2.05, 4.69) is 37.0 Å². The summed E-state index contributed by atoms with van der Waals surface area (Å²) < 4.78 is 77.2. The Kier molecular flexibility index (Phi) is 6.19. The van der Waals surface area contributed by atoms with Crippen LogP contribution in [-0.2, 0) is 6.18 Å². The van der Waals surface area contributed by atoms with Crippen LogP contribution >= 0.6 is 0 Å². The second-order valence-electron chi connectivity index (χ2n) is 5.46. The summed E-state index contributed by atoms with van der Waals surface area (Å²) in [6.07, 6.45) is -8.13. The van der Waals surface area contributed by atoms with Gasteiger partial charge in [-0.1, -0.05) is 6.07 Å². The summed E-state index contributed by atoms with van der Waals surface area (Å²) in [6.45, 7) is 4.26. The molecule has 154 valence electrons. The van der Waals surface area contributed by atoms with Gasteiger partial charge in [0.2, 0.25) is 11.9 Å². The van der Waals surface area contributed by atoms with E-state index in [0.29, 0.717) is 6.20 Å². The fourth-order valence-electron chi connectivity index (χ4n) is 2.02. The highest BCUT2D eigenvalue weighted by atomic mass is 19.4. The van der Waals surface area contributed by atoms with Crippen LogP contribution in [0.5, 0.6) is 0 Å². The number of anilines is 2. The molecule has 0 saturated heterocycles. The monoisotopic (exact) mass is 417 g/mol. The molecule has 3 N–H and O–H groups in total. The first-order valence-electron chi connectivity index (χ1n) is 7.65. The van der Waals surface area contributed by atoms with E-state index in [-0.39, 0.29) is 29.1 Å². The Morgan fingerprint density at radius 3 is 2.38 bits per heavy atom. The number of pyridine rings is 1. The highest BCUT2D eigenvalue weighted by molar-refractivity contribution is 5.54. The molecule has 0 aliphatic heterocycles. The van der Waals surface area contributed by atoms with Gasteiger partial charge in [-0.25, -0.2) is 4.98 Å². The normalized spacial score (nSPS) is 13.3. The number of nitrogens with zero attached hydrogens (tertiary/aromatic N) is 5. The Bertz CT molecular complexity index is 963. The van der Waals surface area contributed by atoms with E-state index in [1.807, 2.05) is 0 Å².